The van der Waals surface area contributed by atoms with Gasteiger partial charge in [0, 0.05) is 23.9 Å². The summed E-state index contributed by atoms with van der Waals surface area (Å²) in [4.78, 5) is 29.5. The van der Waals surface area contributed by atoms with E-state index in [0.29, 0.717) is 48.3 Å². The first-order valence-corrected chi connectivity index (χ1v) is 9.75. The zero-order valence-corrected chi connectivity index (χ0v) is 15.7. The first-order valence-electron chi connectivity index (χ1n) is 9.75. The molecule has 2 aromatic heterocycles. The second-order valence-electron chi connectivity index (χ2n) is 7.56. The third-order valence-electron chi connectivity index (χ3n) is 5.86. The molecule has 1 aromatic carbocycles. The summed E-state index contributed by atoms with van der Waals surface area (Å²) < 4.78 is 5.72. The molecule has 2 aliphatic rings. The van der Waals surface area contributed by atoms with Gasteiger partial charge in [0.05, 0.1) is 16.9 Å². The minimum absolute atomic E-state index is 0.0380. The van der Waals surface area contributed by atoms with Gasteiger partial charge in [-0.1, -0.05) is 30.3 Å². The molecule has 1 aliphatic carbocycles. The van der Waals surface area contributed by atoms with Crippen molar-refractivity contribution in [3.63, 3.8) is 0 Å². The van der Waals surface area contributed by atoms with Crippen molar-refractivity contribution in [3.8, 4) is 11.3 Å². The highest BCUT2D eigenvalue weighted by Gasteiger charge is 2.49. The van der Waals surface area contributed by atoms with E-state index >= 15 is 0 Å². The number of H-pyrrole nitrogens is 1. The average Bonchev–Trinajstić information content (AvgIpc) is 3.32. The third-order valence-corrected chi connectivity index (χ3v) is 5.86. The lowest BCUT2D eigenvalue weighted by molar-refractivity contribution is -0.122. The van der Waals surface area contributed by atoms with Crippen LogP contribution in [0.25, 0.3) is 11.3 Å². The molecule has 0 saturated heterocycles. The lowest BCUT2D eigenvalue weighted by atomic mass is 9.76. The summed E-state index contributed by atoms with van der Waals surface area (Å²) in [6, 6.07) is 13.2. The van der Waals surface area contributed by atoms with Crippen LogP contribution in [0, 0.1) is 5.92 Å². The maximum atomic E-state index is 12.9. The molecule has 1 fully saturated rings. The van der Waals surface area contributed by atoms with Crippen molar-refractivity contribution in [2.24, 2.45) is 5.92 Å². The minimum atomic E-state index is -0.685. The molecule has 146 valence electrons. The predicted molar refractivity (Wildman–Crippen MR) is 106 cm³/mol. The zero-order chi connectivity index (χ0) is 19.8. The fraction of sp³-hybridized carbons (Fsp3) is 0.273. The number of benzene rings is 1. The van der Waals surface area contributed by atoms with Crippen molar-refractivity contribution in [3.05, 3.63) is 66.1 Å². The van der Waals surface area contributed by atoms with E-state index in [0.717, 1.165) is 5.56 Å². The third kappa shape index (κ3) is 2.99. The van der Waals surface area contributed by atoms with E-state index in [-0.39, 0.29) is 17.8 Å². The molecule has 0 atom stereocenters. The highest BCUT2D eigenvalue weighted by Crippen LogP contribution is 2.47. The van der Waals surface area contributed by atoms with Gasteiger partial charge in [0.2, 0.25) is 5.91 Å². The van der Waals surface area contributed by atoms with Gasteiger partial charge in [-0.05, 0) is 37.8 Å². The number of aromatic amines is 1. The van der Waals surface area contributed by atoms with E-state index in [1.54, 1.807) is 24.5 Å². The number of hydrogen-bond donors (Lipinski definition) is 2. The van der Waals surface area contributed by atoms with Gasteiger partial charge in [0.1, 0.15) is 5.69 Å². The van der Waals surface area contributed by atoms with Crippen LogP contribution < -0.4 is 5.32 Å². The number of fused-ring (bicyclic) bond motifs is 2. The van der Waals surface area contributed by atoms with E-state index in [9.17, 15) is 9.59 Å². The molecule has 0 unspecified atom stereocenters. The quantitative estimate of drug-likeness (QED) is 0.668. The van der Waals surface area contributed by atoms with Crippen molar-refractivity contribution < 1.29 is 14.3 Å². The fourth-order valence-corrected chi connectivity index (χ4v) is 4.34. The molecular formula is C22H20N4O3. The number of hydrogen-bond acceptors (Lipinski definition) is 5. The van der Waals surface area contributed by atoms with Gasteiger partial charge in [0.25, 0.3) is 0 Å². The van der Waals surface area contributed by atoms with E-state index in [1.165, 1.54) is 0 Å². The van der Waals surface area contributed by atoms with Gasteiger partial charge < -0.3 is 10.1 Å². The molecule has 0 bridgehead atoms. The van der Waals surface area contributed by atoms with Gasteiger partial charge >= 0.3 is 5.97 Å². The predicted octanol–water partition coefficient (Wildman–Crippen LogP) is 3.67. The van der Waals surface area contributed by atoms with Crippen molar-refractivity contribution in [2.45, 2.75) is 31.3 Å². The van der Waals surface area contributed by atoms with Crippen LogP contribution in [0.15, 0.2) is 54.9 Å². The number of carbonyl (C=O) groups is 2. The Kier molecular flexibility index (Phi) is 4.16. The molecule has 1 aliphatic heterocycles. The van der Waals surface area contributed by atoms with Crippen LogP contribution >= 0.6 is 0 Å². The molecular weight excluding hydrogens is 368 g/mol. The maximum absolute atomic E-state index is 12.9. The van der Waals surface area contributed by atoms with Crippen LogP contribution in [0.3, 0.4) is 0 Å². The fourth-order valence-electron chi connectivity index (χ4n) is 4.34. The normalized spacial score (nSPS) is 22.9. The van der Waals surface area contributed by atoms with Gasteiger partial charge in [0.15, 0.2) is 5.60 Å². The summed E-state index contributed by atoms with van der Waals surface area (Å²) in [5.41, 5.74) is 2.89. The van der Waals surface area contributed by atoms with Crippen LogP contribution in [0.2, 0.25) is 0 Å². The number of pyridine rings is 1. The lowest BCUT2D eigenvalue weighted by Crippen LogP contribution is -2.36. The Hall–Kier alpha value is -3.48. The number of nitrogens with one attached hydrogen (secondary N) is 2. The molecule has 5 rings (SSSR count). The smallest absolute Gasteiger partial charge is 0.341 e. The van der Waals surface area contributed by atoms with Gasteiger partial charge in [-0.3, -0.25) is 14.9 Å². The minimum Gasteiger partial charge on any atom is -0.449 e. The van der Waals surface area contributed by atoms with E-state index < -0.39 is 5.60 Å². The van der Waals surface area contributed by atoms with Crippen molar-refractivity contribution in [1.29, 1.82) is 0 Å². The number of amides is 1. The zero-order valence-electron chi connectivity index (χ0n) is 15.7. The standard InChI is InChI=1S/C22H20N4O3/c27-20(25-17-13-24-26-18(17)14-5-2-1-3-6-14)15-8-10-22(11-9-15)19-16(21(28)29-22)7-4-12-23-19/h1-7,12-13,15H,8-11H2,(H,24,26)(H,25,27)/t15-,22+. The summed E-state index contributed by atoms with van der Waals surface area (Å²) in [5.74, 6) is -0.503. The van der Waals surface area contributed by atoms with E-state index in [4.69, 9.17) is 4.74 Å². The number of anilines is 1. The lowest BCUT2D eigenvalue weighted by Gasteiger charge is -2.35. The second kappa shape index (κ2) is 6.84. The molecule has 7 nitrogen and oxygen atoms in total. The molecule has 7 heteroatoms. The highest BCUT2D eigenvalue weighted by atomic mass is 16.6. The molecule has 29 heavy (non-hydrogen) atoms. The van der Waals surface area contributed by atoms with Gasteiger partial charge in [-0.25, -0.2) is 4.79 Å². The number of ether oxygens (including phenoxy) is 1. The average molecular weight is 388 g/mol. The van der Waals surface area contributed by atoms with Crippen LogP contribution in [0.1, 0.15) is 41.7 Å². The first-order chi connectivity index (χ1) is 14.2. The van der Waals surface area contributed by atoms with E-state index in [2.05, 4.69) is 20.5 Å². The van der Waals surface area contributed by atoms with Crippen LogP contribution in [-0.4, -0.2) is 27.1 Å². The molecule has 1 saturated carbocycles. The van der Waals surface area contributed by atoms with Crippen LogP contribution in [0.5, 0.6) is 0 Å². The SMILES string of the molecule is O=C1O[C@]2(CC[C@@H](C(=O)Nc3c[nH]nc3-c3ccccc3)CC2)c2ncccc21. The number of aromatic nitrogens is 3. The number of rotatable bonds is 3. The summed E-state index contributed by atoms with van der Waals surface area (Å²) >= 11 is 0. The molecule has 3 heterocycles. The van der Waals surface area contributed by atoms with Crippen molar-refractivity contribution >= 4 is 17.6 Å². The Morgan fingerprint density at radius 2 is 1.93 bits per heavy atom. The molecule has 0 radical (unpaired) electrons. The van der Waals surface area contributed by atoms with Gasteiger partial charge in [-0.2, -0.15) is 5.10 Å². The maximum Gasteiger partial charge on any atom is 0.341 e. The molecule has 2 N–H and O–H groups in total. The Bertz CT molecular complexity index is 1070. The Labute approximate surface area is 167 Å². The van der Waals surface area contributed by atoms with Crippen molar-refractivity contribution in [1.82, 2.24) is 15.2 Å². The molecule has 3 aromatic rings. The van der Waals surface area contributed by atoms with Crippen LogP contribution in [0.4, 0.5) is 5.69 Å². The Balaban J connectivity index is 1.29. The summed E-state index contributed by atoms with van der Waals surface area (Å²) in [5, 5.41) is 10.1. The summed E-state index contributed by atoms with van der Waals surface area (Å²) in [6.07, 6.45) is 5.84. The molecule has 1 amide bonds. The first kappa shape index (κ1) is 17.6. The highest BCUT2D eigenvalue weighted by molar-refractivity contribution is 5.96. The largest absolute Gasteiger partial charge is 0.449 e. The Morgan fingerprint density at radius 3 is 2.72 bits per heavy atom. The number of nitrogens with zero attached hydrogens (tertiary/aromatic N) is 2. The summed E-state index contributed by atoms with van der Waals surface area (Å²) in [6.45, 7) is 0. The molecule has 1 spiro atoms. The topological polar surface area (TPSA) is 97.0 Å². The second-order valence-corrected chi connectivity index (χ2v) is 7.56. The number of carbonyl (C=O) groups excluding carboxylic acids is 2. The monoisotopic (exact) mass is 388 g/mol. The Morgan fingerprint density at radius 1 is 1.14 bits per heavy atom. The van der Waals surface area contributed by atoms with E-state index in [1.807, 2.05) is 30.3 Å². The van der Waals surface area contributed by atoms with Crippen LogP contribution in [-0.2, 0) is 15.1 Å². The van der Waals surface area contributed by atoms with Gasteiger partial charge in [-0.15, -0.1) is 0 Å². The van der Waals surface area contributed by atoms with Crippen molar-refractivity contribution in [2.75, 3.05) is 5.32 Å². The number of esters is 1. The summed E-state index contributed by atoms with van der Waals surface area (Å²) in [7, 11) is 0.